The van der Waals surface area contributed by atoms with E-state index in [-0.39, 0.29) is 12.5 Å². The maximum absolute atomic E-state index is 12.4. The van der Waals surface area contributed by atoms with E-state index in [2.05, 4.69) is 15.3 Å². The molecule has 3 aromatic rings. The third-order valence-electron chi connectivity index (χ3n) is 3.30. The minimum Gasteiger partial charge on any atom is -0.485 e. The first-order valence-electron chi connectivity index (χ1n) is 6.69. The van der Waals surface area contributed by atoms with Crippen LogP contribution in [0.25, 0.3) is 10.2 Å². The molecule has 1 aliphatic rings. The number of para-hydroxylation sites is 2. The van der Waals surface area contributed by atoms with Gasteiger partial charge in [0.1, 0.15) is 23.6 Å². The van der Waals surface area contributed by atoms with E-state index in [1.54, 1.807) is 6.07 Å². The Bertz CT molecular complexity index is 849. The number of fused-ring (bicyclic) bond motifs is 2. The van der Waals surface area contributed by atoms with Gasteiger partial charge in [0.25, 0.3) is 5.91 Å². The van der Waals surface area contributed by atoms with Crippen LogP contribution in [0.5, 0.6) is 11.5 Å². The molecule has 3 heterocycles. The predicted octanol–water partition coefficient (Wildman–Crippen LogP) is 2.47. The molecule has 0 saturated carbocycles. The van der Waals surface area contributed by atoms with Crippen LogP contribution in [0.3, 0.4) is 0 Å². The molecule has 0 aliphatic carbocycles. The minimum atomic E-state index is -0.710. The number of nitrogens with zero attached hydrogens (tertiary/aromatic N) is 2. The fourth-order valence-corrected chi connectivity index (χ4v) is 2.97. The second kappa shape index (κ2) is 5.27. The fourth-order valence-electron chi connectivity index (χ4n) is 2.24. The van der Waals surface area contributed by atoms with E-state index >= 15 is 0 Å². The van der Waals surface area contributed by atoms with Crippen molar-refractivity contribution < 1.29 is 14.3 Å². The summed E-state index contributed by atoms with van der Waals surface area (Å²) in [4.78, 5) is 21.5. The van der Waals surface area contributed by atoms with Gasteiger partial charge in [0.15, 0.2) is 11.5 Å². The summed E-state index contributed by atoms with van der Waals surface area (Å²) in [5.41, 5.74) is 0. The van der Waals surface area contributed by atoms with Crippen LogP contribution in [0, 0.1) is 0 Å². The zero-order valence-electron chi connectivity index (χ0n) is 11.4. The van der Waals surface area contributed by atoms with Gasteiger partial charge in [-0.25, -0.2) is 9.97 Å². The van der Waals surface area contributed by atoms with E-state index in [4.69, 9.17) is 9.47 Å². The fraction of sp³-hybridized carbons (Fsp3) is 0.133. The maximum atomic E-state index is 12.4. The van der Waals surface area contributed by atoms with Crippen LogP contribution in [0.1, 0.15) is 0 Å². The van der Waals surface area contributed by atoms with Crippen LogP contribution in [-0.2, 0) is 4.79 Å². The van der Waals surface area contributed by atoms with E-state index in [1.165, 1.54) is 17.7 Å². The van der Waals surface area contributed by atoms with Crippen molar-refractivity contribution in [1.82, 2.24) is 9.97 Å². The summed E-state index contributed by atoms with van der Waals surface area (Å²) in [5.74, 6) is 1.41. The van der Waals surface area contributed by atoms with Crippen LogP contribution in [-0.4, -0.2) is 28.6 Å². The first kappa shape index (κ1) is 13.0. The lowest BCUT2D eigenvalue weighted by Gasteiger charge is -2.25. The summed E-state index contributed by atoms with van der Waals surface area (Å²) in [7, 11) is 0. The summed E-state index contributed by atoms with van der Waals surface area (Å²) in [6, 6.07) is 9.15. The van der Waals surface area contributed by atoms with Crippen molar-refractivity contribution in [3.8, 4) is 11.5 Å². The molecule has 1 amide bonds. The highest BCUT2D eigenvalue weighted by Crippen LogP contribution is 2.31. The molecule has 7 heteroatoms. The molecule has 0 radical (unpaired) electrons. The summed E-state index contributed by atoms with van der Waals surface area (Å²) in [5, 5.41) is 5.51. The molecule has 2 aromatic heterocycles. The Morgan fingerprint density at radius 2 is 2.09 bits per heavy atom. The third kappa shape index (κ3) is 2.25. The molecule has 0 fully saturated rings. The van der Waals surface area contributed by atoms with Crippen molar-refractivity contribution in [3.05, 3.63) is 42.0 Å². The highest BCUT2D eigenvalue weighted by atomic mass is 32.1. The van der Waals surface area contributed by atoms with Gasteiger partial charge in [-0.15, -0.1) is 11.3 Å². The molecule has 0 unspecified atom stereocenters. The highest BCUT2D eigenvalue weighted by molar-refractivity contribution is 7.16. The number of benzene rings is 1. The molecule has 1 aromatic carbocycles. The quantitative estimate of drug-likeness (QED) is 0.787. The van der Waals surface area contributed by atoms with Crippen LogP contribution in [0.4, 0.5) is 5.82 Å². The topological polar surface area (TPSA) is 73.3 Å². The number of hydrogen-bond acceptors (Lipinski definition) is 6. The molecule has 1 N–H and O–H groups in total. The van der Waals surface area contributed by atoms with Crippen LogP contribution >= 0.6 is 11.3 Å². The van der Waals surface area contributed by atoms with Gasteiger partial charge in [-0.05, 0) is 23.6 Å². The number of ether oxygens (including phenoxy) is 2. The number of nitrogens with one attached hydrogen (secondary N) is 1. The SMILES string of the molecule is O=C(Nc1ncnc2sccc12)[C@H]1COc2ccccc2O1. The van der Waals surface area contributed by atoms with Gasteiger partial charge in [0.2, 0.25) is 6.10 Å². The number of aromatic nitrogens is 2. The first-order valence-corrected chi connectivity index (χ1v) is 7.57. The number of anilines is 1. The monoisotopic (exact) mass is 313 g/mol. The van der Waals surface area contributed by atoms with Gasteiger partial charge in [-0.2, -0.15) is 0 Å². The number of carbonyl (C=O) groups is 1. The van der Waals surface area contributed by atoms with Crippen molar-refractivity contribution >= 4 is 33.3 Å². The smallest absolute Gasteiger partial charge is 0.270 e. The third-order valence-corrected chi connectivity index (χ3v) is 4.13. The van der Waals surface area contributed by atoms with Crippen molar-refractivity contribution in [2.24, 2.45) is 0 Å². The van der Waals surface area contributed by atoms with E-state index < -0.39 is 6.10 Å². The van der Waals surface area contributed by atoms with Gasteiger partial charge < -0.3 is 14.8 Å². The van der Waals surface area contributed by atoms with E-state index in [1.807, 2.05) is 29.6 Å². The number of rotatable bonds is 2. The Balaban J connectivity index is 1.55. The van der Waals surface area contributed by atoms with Gasteiger partial charge in [-0.3, -0.25) is 4.79 Å². The Hall–Kier alpha value is -2.67. The number of hydrogen-bond donors (Lipinski definition) is 1. The lowest BCUT2D eigenvalue weighted by atomic mass is 10.2. The lowest BCUT2D eigenvalue weighted by molar-refractivity contribution is -0.125. The number of carbonyl (C=O) groups excluding carboxylic acids is 1. The van der Waals surface area contributed by atoms with Crippen LogP contribution in [0.2, 0.25) is 0 Å². The van der Waals surface area contributed by atoms with E-state index in [0.717, 1.165) is 10.2 Å². The zero-order chi connectivity index (χ0) is 14.9. The zero-order valence-corrected chi connectivity index (χ0v) is 12.2. The number of amides is 1. The Morgan fingerprint density at radius 1 is 1.23 bits per heavy atom. The molecule has 22 heavy (non-hydrogen) atoms. The predicted molar refractivity (Wildman–Crippen MR) is 82.4 cm³/mol. The average molecular weight is 313 g/mol. The summed E-state index contributed by atoms with van der Waals surface area (Å²) in [6.45, 7) is 0.167. The van der Waals surface area contributed by atoms with E-state index in [0.29, 0.717) is 17.3 Å². The molecule has 0 spiro atoms. The number of thiophene rings is 1. The van der Waals surface area contributed by atoms with Gasteiger partial charge >= 0.3 is 0 Å². The van der Waals surface area contributed by atoms with Gasteiger partial charge in [-0.1, -0.05) is 12.1 Å². The Kier molecular flexibility index (Phi) is 3.12. The molecule has 1 aliphatic heterocycles. The summed E-state index contributed by atoms with van der Waals surface area (Å²) >= 11 is 1.50. The molecular weight excluding hydrogens is 302 g/mol. The molecule has 110 valence electrons. The highest BCUT2D eigenvalue weighted by Gasteiger charge is 2.27. The van der Waals surface area contributed by atoms with Crippen LogP contribution in [0.15, 0.2) is 42.0 Å². The molecular formula is C15H11N3O3S. The van der Waals surface area contributed by atoms with E-state index in [9.17, 15) is 4.79 Å². The largest absolute Gasteiger partial charge is 0.485 e. The van der Waals surface area contributed by atoms with Gasteiger partial charge in [0, 0.05) is 0 Å². The maximum Gasteiger partial charge on any atom is 0.270 e. The molecule has 4 rings (SSSR count). The van der Waals surface area contributed by atoms with Gasteiger partial charge in [0.05, 0.1) is 5.39 Å². The second-order valence-corrected chi connectivity index (χ2v) is 5.61. The molecule has 0 bridgehead atoms. The standard InChI is InChI=1S/C15H11N3O3S/c19-14(12-7-20-10-3-1-2-4-11(10)21-12)18-13-9-5-6-22-15(9)17-8-16-13/h1-6,8,12H,7H2,(H,16,17,18,19)/t12-/m1/s1. The van der Waals surface area contributed by atoms with Crippen molar-refractivity contribution in [2.75, 3.05) is 11.9 Å². The second-order valence-electron chi connectivity index (χ2n) is 4.72. The van der Waals surface area contributed by atoms with Crippen molar-refractivity contribution in [2.45, 2.75) is 6.10 Å². The average Bonchev–Trinajstić information content (AvgIpc) is 3.04. The molecule has 1 atom stereocenters. The normalized spacial score (nSPS) is 16.5. The first-order chi connectivity index (χ1) is 10.8. The summed E-state index contributed by atoms with van der Waals surface area (Å²) in [6.07, 6.45) is 0.723. The lowest BCUT2D eigenvalue weighted by Crippen LogP contribution is -2.40. The van der Waals surface area contributed by atoms with Crippen molar-refractivity contribution in [3.63, 3.8) is 0 Å². The molecule has 6 nitrogen and oxygen atoms in total. The summed E-state index contributed by atoms with van der Waals surface area (Å²) < 4.78 is 11.2. The molecule has 0 saturated heterocycles. The van der Waals surface area contributed by atoms with Crippen LogP contribution < -0.4 is 14.8 Å². The van der Waals surface area contributed by atoms with Crippen molar-refractivity contribution in [1.29, 1.82) is 0 Å². The Labute approximate surface area is 129 Å². The Morgan fingerprint density at radius 3 is 3.00 bits per heavy atom. The minimum absolute atomic E-state index is 0.167.